The third-order valence-electron chi connectivity index (χ3n) is 2.93. The Bertz CT molecular complexity index is 387. The topological polar surface area (TPSA) is 80.0 Å². The van der Waals surface area contributed by atoms with Crippen LogP contribution in [-0.4, -0.2) is 16.9 Å². The molecule has 16 heavy (non-hydrogen) atoms. The van der Waals surface area contributed by atoms with Crippen molar-refractivity contribution >= 4 is 11.6 Å². The van der Waals surface area contributed by atoms with Gasteiger partial charge in [-0.3, -0.25) is 15.6 Å². The van der Waals surface area contributed by atoms with Crippen LogP contribution in [0.1, 0.15) is 30.1 Å². The molecule has 5 nitrogen and oxygen atoms in total. The van der Waals surface area contributed by atoms with E-state index < -0.39 is 0 Å². The normalized spacial score (nSPS) is 23.4. The molecule has 5 heteroatoms. The van der Waals surface area contributed by atoms with Gasteiger partial charge in [0.2, 0.25) is 0 Å². The van der Waals surface area contributed by atoms with Crippen molar-refractivity contribution in [3.05, 3.63) is 24.0 Å². The molecular weight excluding hydrogens is 204 g/mol. The minimum Gasteiger partial charge on any atom is -0.349 e. The second-order valence-electron chi connectivity index (χ2n) is 4.31. The Morgan fingerprint density at radius 2 is 2.31 bits per heavy atom. The third-order valence-corrected chi connectivity index (χ3v) is 2.93. The first-order valence-electron chi connectivity index (χ1n) is 5.42. The van der Waals surface area contributed by atoms with Crippen LogP contribution in [0.15, 0.2) is 18.5 Å². The Kier molecular flexibility index (Phi) is 3.05. The molecule has 2 rings (SSSR count). The van der Waals surface area contributed by atoms with Gasteiger partial charge in [-0.05, 0) is 24.8 Å². The van der Waals surface area contributed by atoms with E-state index >= 15 is 0 Å². The average Bonchev–Trinajstić information content (AvgIpc) is 2.27. The molecule has 1 aromatic heterocycles. The first-order valence-corrected chi connectivity index (χ1v) is 5.42. The lowest BCUT2D eigenvalue weighted by molar-refractivity contribution is 0.0896. The maximum Gasteiger partial charge on any atom is 0.255 e. The van der Waals surface area contributed by atoms with Crippen molar-refractivity contribution in [1.82, 2.24) is 10.3 Å². The number of hydrogen-bond acceptors (Lipinski definition) is 4. The van der Waals surface area contributed by atoms with Crippen molar-refractivity contribution < 1.29 is 4.79 Å². The summed E-state index contributed by atoms with van der Waals surface area (Å²) < 4.78 is 0. The van der Waals surface area contributed by atoms with Gasteiger partial charge in [0, 0.05) is 18.4 Å². The number of nitrogen functional groups attached to an aromatic ring is 1. The second-order valence-corrected chi connectivity index (χ2v) is 4.31. The van der Waals surface area contributed by atoms with Crippen LogP contribution in [0.2, 0.25) is 0 Å². The Morgan fingerprint density at radius 1 is 1.56 bits per heavy atom. The number of carbonyl (C=O) groups is 1. The average molecular weight is 220 g/mol. The number of nitrogens with one attached hydrogen (secondary N) is 2. The number of carbonyl (C=O) groups excluding carboxylic acids is 1. The van der Waals surface area contributed by atoms with E-state index in [1.54, 1.807) is 12.3 Å². The summed E-state index contributed by atoms with van der Waals surface area (Å²) in [7, 11) is 0. The molecule has 1 aliphatic rings. The van der Waals surface area contributed by atoms with Gasteiger partial charge in [0.25, 0.3) is 5.91 Å². The molecule has 1 aliphatic carbocycles. The summed E-state index contributed by atoms with van der Waals surface area (Å²) in [6, 6.07) is 1.98. The monoisotopic (exact) mass is 220 g/mol. The number of rotatable bonds is 3. The van der Waals surface area contributed by atoms with Crippen LogP contribution in [-0.2, 0) is 0 Å². The molecule has 0 spiro atoms. The fourth-order valence-corrected chi connectivity index (χ4v) is 1.98. The first kappa shape index (κ1) is 10.9. The zero-order chi connectivity index (χ0) is 11.5. The zero-order valence-corrected chi connectivity index (χ0v) is 9.23. The van der Waals surface area contributed by atoms with Gasteiger partial charge >= 0.3 is 0 Å². The van der Waals surface area contributed by atoms with E-state index in [2.05, 4.69) is 22.7 Å². The third kappa shape index (κ3) is 2.14. The largest absolute Gasteiger partial charge is 0.349 e. The molecule has 0 aromatic carbocycles. The van der Waals surface area contributed by atoms with Gasteiger partial charge in [0.1, 0.15) is 0 Å². The lowest BCUT2D eigenvalue weighted by atomic mass is 9.82. The zero-order valence-electron chi connectivity index (χ0n) is 9.23. The van der Waals surface area contributed by atoms with Gasteiger partial charge in [-0.15, -0.1) is 0 Å². The number of amides is 1. The molecule has 0 radical (unpaired) electrons. The molecule has 0 bridgehead atoms. The lowest BCUT2D eigenvalue weighted by Crippen LogP contribution is -2.43. The van der Waals surface area contributed by atoms with Crippen LogP contribution in [0.25, 0.3) is 0 Å². The van der Waals surface area contributed by atoms with E-state index in [0.29, 0.717) is 23.2 Å². The maximum atomic E-state index is 11.9. The number of nitrogens with zero attached hydrogens (tertiary/aromatic N) is 1. The first-order chi connectivity index (χ1) is 7.70. The predicted molar refractivity (Wildman–Crippen MR) is 61.7 cm³/mol. The van der Waals surface area contributed by atoms with E-state index in [-0.39, 0.29) is 5.91 Å². The smallest absolute Gasteiger partial charge is 0.255 e. The van der Waals surface area contributed by atoms with Crippen molar-refractivity contribution in [2.45, 2.75) is 25.8 Å². The minimum atomic E-state index is -0.113. The quantitative estimate of drug-likeness (QED) is 0.522. The van der Waals surface area contributed by atoms with Crippen molar-refractivity contribution in [2.75, 3.05) is 5.43 Å². The van der Waals surface area contributed by atoms with Gasteiger partial charge in [0.15, 0.2) is 0 Å². The Morgan fingerprint density at radius 3 is 2.94 bits per heavy atom. The molecule has 1 amide bonds. The van der Waals surface area contributed by atoms with Crippen molar-refractivity contribution in [3.63, 3.8) is 0 Å². The lowest BCUT2D eigenvalue weighted by Gasteiger charge is -2.33. The fraction of sp³-hybridized carbons (Fsp3) is 0.455. The van der Waals surface area contributed by atoms with Gasteiger partial charge in [-0.2, -0.15) is 0 Å². The molecule has 1 fully saturated rings. The van der Waals surface area contributed by atoms with Gasteiger partial charge < -0.3 is 10.7 Å². The van der Waals surface area contributed by atoms with Gasteiger partial charge in [-0.1, -0.05) is 6.92 Å². The molecule has 0 unspecified atom stereocenters. The number of nitrogens with two attached hydrogens (primary N) is 1. The van der Waals surface area contributed by atoms with Gasteiger partial charge in [0.05, 0.1) is 11.3 Å². The Labute approximate surface area is 94.4 Å². The summed E-state index contributed by atoms with van der Waals surface area (Å²) in [5.41, 5.74) is 3.58. The molecule has 0 saturated heterocycles. The second kappa shape index (κ2) is 4.49. The van der Waals surface area contributed by atoms with Crippen molar-refractivity contribution in [2.24, 2.45) is 11.8 Å². The number of hydrogen-bond donors (Lipinski definition) is 3. The minimum absolute atomic E-state index is 0.113. The summed E-state index contributed by atoms with van der Waals surface area (Å²) in [6.45, 7) is 2.18. The molecule has 1 heterocycles. The van der Waals surface area contributed by atoms with E-state index in [1.165, 1.54) is 6.20 Å². The predicted octanol–water partition coefficient (Wildman–Crippen LogP) is 0.895. The molecule has 86 valence electrons. The maximum absolute atomic E-state index is 11.9. The van der Waals surface area contributed by atoms with Crippen LogP contribution in [0.3, 0.4) is 0 Å². The Hall–Kier alpha value is -1.62. The van der Waals surface area contributed by atoms with Crippen LogP contribution >= 0.6 is 0 Å². The number of pyridine rings is 1. The summed E-state index contributed by atoms with van der Waals surface area (Å²) in [5, 5.41) is 2.96. The molecular formula is C11H16N4O. The fourth-order valence-electron chi connectivity index (χ4n) is 1.98. The molecule has 4 N–H and O–H groups in total. The van der Waals surface area contributed by atoms with E-state index in [1.807, 2.05) is 0 Å². The number of hydrazine groups is 1. The highest BCUT2D eigenvalue weighted by molar-refractivity contribution is 5.99. The van der Waals surface area contributed by atoms with Crippen LogP contribution < -0.4 is 16.6 Å². The van der Waals surface area contributed by atoms with E-state index in [0.717, 1.165) is 12.8 Å². The standard InChI is InChI=1S/C11H16N4O/c1-7-4-8(5-7)14-11(16)9-6-13-3-2-10(9)15-12/h2-3,6-8H,4-5,12H2,1H3,(H,13,15)(H,14,16). The highest BCUT2D eigenvalue weighted by Gasteiger charge is 2.27. The highest BCUT2D eigenvalue weighted by atomic mass is 16.1. The van der Waals surface area contributed by atoms with Crippen LogP contribution in [0.4, 0.5) is 5.69 Å². The van der Waals surface area contributed by atoms with Gasteiger partial charge in [-0.25, -0.2) is 0 Å². The highest BCUT2D eigenvalue weighted by Crippen LogP contribution is 2.26. The molecule has 1 saturated carbocycles. The summed E-state index contributed by atoms with van der Waals surface area (Å²) in [4.78, 5) is 15.8. The number of aromatic nitrogens is 1. The molecule has 0 atom stereocenters. The van der Waals surface area contributed by atoms with E-state index in [9.17, 15) is 4.79 Å². The van der Waals surface area contributed by atoms with E-state index in [4.69, 9.17) is 5.84 Å². The van der Waals surface area contributed by atoms with Crippen molar-refractivity contribution in [3.8, 4) is 0 Å². The van der Waals surface area contributed by atoms with Crippen LogP contribution in [0, 0.1) is 5.92 Å². The summed E-state index contributed by atoms with van der Waals surface area (Å²) in [5.74, 6) is 5.93. The molecule has 1 aromatic rings. The van der Waals surface area contributed by atoms with Crippen molar-refractivity contribution in [1.29, 1.82) is 0 Å². The number of anilines is 1. The SMILES string of the molecule is CC1CC(NC(=O)c2cnccc2NN)C1. The summed E-state index contributed by atoms with van der Waals surface area (Å²) >= 11 is 0. The Balaban J connectivity index is 2.03. The molecule has 0 aliphatic heterocycles. The summed E-state index contributed by atoms with van der Waals surface area (Å²) in [6.07, 6.45) is 5.22. The van der Waals surface area contributed by atoms with Crippen LogP contribution in [0.5, 0.6) is 0 Å².